The summed E-state index contributed by atoms with van der Waals surface area (Å²) < 4.78 is 25.6. The zero-order chi connectivity index (χ0) is 36.7. The van der Waals surface area contributed by atoms with Gasteiger partial charge >= 0.3 is 6.03 Å². The molecule has 276 valence electrons. The van der Waals surface area contributed by atoms with Crippen molar-refractivity contribution >= 4 is 39.4 Å². The lowest BCUT2D eigenvalue weighted by Crippen LogP contribution is -2.64. The monoisotopic (exact) mass is 705 g/mol. The lowest BCUT2D eigenvalue weighted by atomic mass is 9.83. The number of urea groups is 1. The number of rotatable bonds is 13. The number of Topliss-reactive ketones (excluding diaryl/α,β-unsaturated/α-hetero) is 1. The number of amides is 5. The molecule has 0 aromatic rings. The van der Waals surface area contributed by atoms with Crippen LogP contribution in [0.25, 0.3) is 0 Å². The lowest BCUT2D eigenvalue weighted by Gasteiger charge is -2.41. The third-order valence-electron chi connectivity index (χ3n) is 11.3. The molecule has 5 unspecified atom stereocenters. The molecule has 4 rings (SSSR count). The summed E-state index contributed by atoms with van der Waals surface area (Å²) in [5, 5.41) is 11.2. The molecule has 1 saturated heterocycles. The summed E-state index contributed by atoms with van der Waals surface area (Å²) >= 11 is 0. The van der Waals surface area contributed by atoms with Crippen LogP contribution in [0.4, 0.5) is 4.79 Å². The number of piperidine rings is 1. The van der Waals surface area contributed by atoms with Crippen molar-refractivity contribution in [1.29, 1.82) is 0 Å². The first-order valence-corrected chi connectivity index (χ1v) is 19.5. The molecule has 0 radical (unpaired) electrons. The molecular formula is C36H59N5O7S. The van der Waals surface area contributed by atoms with E-state index in [2.05, 4.69) is 41.7 Å². The SMILES string of the molecule is C=CCNC(=O)C(=O)C(CC1CC1)NC(=O)C1C2C(CN1C(=O)C(NC(=O)NC1(CS(=O)(=O)C(C)(C)C)CCCCC1)C(C)(C)C)C2(C)C. The van der Waals surface area contributed by atoms with E-state index in [-0.39, 0.29) is 35.5 Å². The highest BCUT2D eigenvalue weighted by Gasteiger charge is 2.70. The van der Waals surface area contributed by atoms with E-state index in [1.165, 1.54) is 11.0 Å². The maximum Gasteiger partial charge on any atom is 0.315 e. The van der Waals surface area contributed by atoms with Crippen LogP contribution in [0.3, 0.4) is 0 Å². The first-order valence-electron chi connectivity index (χ1n) is 17.9. The maximum absolute atomic E-state index is 14.5. The highest BCUT2D eigenvalue weighted by atomic mass is 32.2. The fraction of sp³-hybridized carbons (Fsp3) is 0.806. The molecule has 0 spiro atoms. The summed E-state index contributed by atoms with van der Waals surface area (Å²) in [6, 6.07) is -3.54. The van der Waals surface area contributed by atoms with Crippen LogP contribution in [-0.2, 0) is 29.0 Å². The molecule has 12 nitrogen and oxygen atoms in total. The van der Waals surface area contributed by atoms with E-state index in [1.807, 2.05) is 20.8 Å². The molecule has 0 aromatic carbocycles. The Kier molecular flexibility index (Phi) is 11.1. The van der Waals surface area contributed by atoms with Crippen LogP contribution in [-0.4, -0.2) is 90.1 Å². The van der Waals surface area contributed by atoms with E-state index in [1.54, 1.807) is 20.8 Å². The van der Waals surface area contributed by atoms with Crippen LogP contribution >= 0.6 is 0 Å². The van der Waals surface area contributed by atoms with Crippen LogP contribution in [0.5, 0.6) is 0 Å². The Balaban J connectivity index is 1.55. The molecule has 1 aliphatic heterocycles. The second kappa shape index (κ2) is 14.0. The fourth-order valence-corrected chi connectivity index (χ4v) is 9.26. The third kappa shape index (κ3) is 8.68. The molecular weight excluding hydrogens is 646 g/mol. The first kappa shape index (κ1) is 38.8. The van der Waals surface area contributed by atoms with E-state index in [4.69, 9.17) is 0 Å². The molecule has 0 bridgehead atoms. The van der Waals surface area contributed by atoms with Gasteiger partial charge in [-0.25, -0.2) is 13.2 Å². The van der Waals surface area contributed by atoms with Gasteiger partial charge in [-0.15, -0.1) is 6.58 Å². The highest BCUT2D eigenvalue weighted by Crippen LogP contribution is 2.65. The van der Waals surface area contributed by atoms with Crippen LogP contribution in [0.2, 0.25) is 0 Å². The summed E-state index contributed by atoms with van der Waals surface area (Å²) in [5.41, 5.74) is -1.92. The molecule has 5 atom stereocenters. The Morgan fingerprint density at radius 1 is 0.959 bits per heavy atom. The molecule has 0 aromatic heterocycles. The van der Waals surface area contributed by atoms with Gasteiger partial charge in [0.05, 0.1) is 22.1 Å². The summed E-state index contributed by atoms with van der Waals surface area (Å²) in [6.45, 7) is 18.6. The van der Waals surface area contributed by atoms with Gasteiger partial charge in [-0.05, 0) is 68.6 Å². The van der Waals surface area contributed by atoms with E-state index < -0.39 is 73.2 Å². The quantitative estimate of drug-likeness (QED) is 0.168. The third-order valence-corrected chi connectivity index (χ3v) is 14.1. The number of hydrogen-bond donors (Lipinski definition) is 4. The fourth-order valence-electron chi connectivity index (χ4n) is 7.74. The predicted molar refractivity (Wildman–Crippen MR) is 188 cm³/mol. The van der Waals surface area contributed by atoms with Crippen LogP contribution < -0.4 is 21.3 Å². The van der Waals surface area contributed by atoms with Crippen LogP contribution in [0, 0.1) is 28.6 Å². The van der Waals surface area contributed by atoms with Crippen molar-refractivity contribution in [2.24, 2.45) is 28.6 Å². The number of ketones is 1. The van der Waals surface area contributed by atoms with E-state index in [0.29, 0.717) is 25.8 Å². The van der Waals surface area contributed by atoms with Gasteiger partial charge in [-0.3, -0.25) is 19.2 Å². The largest absolute Gasteiger partial charge is 0.346 e. The number of hydrogen-bond acceptors (Lipinski definition) is 7. The van der Waals surface area contributed by atoms with E-state index in [9.17, 15) is 32.4 Å². The van der Waals surface area contributed by atoms with Crippen molar-refractivity contribution in [2.75, 3.05) is 18.8 Å². The molecule has 3 aliphatic carbocycles. The Bertz CT molecular complexity index is 1430. The highest BCUT2D eigenvalue weighted by molar-refractivity contribution is 7.92. The van der Waals surface area contributed by atoms with E-state index >= 15 is 0 Å². The Morgan fingerprint density at radius 2 is 1.57 bits per heavy atom. The van der Waals surface area contributed by atoms with Gasteiger partial charge in [0.15, 0.2) is 9.84 Å². The molecule has 49 heavy (non-hydrogen) atoms. The molecule has 4 fully saturated rings. The van der Waals surface area contributed by atoms with Gasteiger partial charge in [0.25, 0.3) is 5.91 Å². The zero-order valence-electron chi connectivity index (χ0n) is 30.7. The summed E-state index contributed by atoms with van der Waals surface area (Å²) in [5.74, 6) is -2.44. The second-order valence-electron chi connectivity index (χ2n) is 17.6. The van der Waals surface area contributed by atoms with Gasteiger partial charge in [0, 0.05) is 13.1 Å². The minimum absolute atomic E-state index is 0.0585. The molecule has 1 heterocycles. The Morgan fingerprint density at radius 3 is 2.10 bits per heavy atom. The summed E-state index contributed by atoms with van der Waals surface area (Å²) in [6.07, 6.45) is 7.21. The molecule has 4 N–H and O–H groups in total. The molecule has 4 aliphatic rings. The normalized spacial score (nSPS) is 25.6. The second-order valence-corrected chi connectivity index (χ2v) is 20.3. The van der Waals surface area contributed by atoms with Gasteiger partial charge in [-0.2, -0.15) is 0 Å². The number of fused-ring (bicyclic) bond motifs is 1. The standard InChI is InChI=1S/C36H59N5O7S/c1-10-18-37-30(44)27(42)24(19-22-14-15-22)38-29(43)26-25-23(35(25,8)9)20-41(26)31(45)28(33(2,3)4)39-32(46)40-36(16-12-11-13-17-36)21-49(47,48)34(5,6)7/h10,22-26,28H,1,11-21H2,2-9H3,(H,37,44)(H,38,43)(H2,39,40,46). The average molecular weight is 706 g/mol. The minimum atomic E-state index is -3.56. The minimum Gasteiger partial charge on any atom is -0.346 e. The number of carbonyl (C=O) groups is 5. The lowest BCUT2D eigenvalue weighted by molar-refractivity contribution is -0.145. The van der Waals surface area contributed by atoms with Crippen molar-refractivity contribution in [1.82, 2.24) is 26.2 Å². The smallest absolute Gasteiger partial charge is 0.315 e. The number of likely N-dealkylation sites (tertiary alicyclic amines) is 1. The summed E-state index contributed by atoms with van der Waals surface area (Å²) in [7, 11) is -3.56. The predicted octanol–water partition coefficient (Wildman–Crippen LogP) is 3.26. The topological polar surface area (TPSA) is 171 Å². The van der Waals surface area contributed by atoms with Crippen molar-refractivity contribution < 1.29 is 32.4 Å². The van der Waals surface area contributed by atoms with Crippen LogP contribution in [0.1, 0.15) is 107 Å². The first-order chi connectivity index (χ1) is 22.5. The number of nitrogens with one attached hydrogen (secondary N) is 4. The zero-order valence-corrected chi connectivity index (χ0v) is 31.6. The van der Waals surface area contributed by atoms with Gasteiger partial charge < -0.3 is 26.2 Å². The molecule has 5 amide bonds. The van der Waals surface area contributed by atoms with Crippen molar-refractivity contribution in [2.45, 2.75) is 135 Å². The van der Waals surface area contributed by atoms with Crippen molar-refractivity contribution in [3.63, 3.8) is 0 Å². The van der Waals surface area contributed by atoms with Crippen molar-refractivity contribution in [3.8, 4) is 0 Å². The van der Waals surface area contributed by atoms with Crippen LogP contribution in [0.15, 0.2) is 12.7 Å². The Hall–Kier alpha value is -2.96. The number of nitrogens with zero attached hydrogens (tertiary/aromatic N) is 1. The number of carbonyl (C=O) groups excluding carboxylic acids is 5. The van der Waals surface area contributed by atoms with Gasteiger partial charge in [0.2, 0.25) is 17.6 Å². The summed E-state index contributed by atoms with van der Waals surface area (Å²) in [4.78, 5) is 69.6. The molecule has 3 saturated carbocycles. The van der Waals surface area contributed by atoms with Gasteiger partial charge in [-0.1, -0.05) is 72.8 Å². The van der Waals surface area contributed by atoms with E-state index in [0.717, 1.165) is 32.1 Å². The maximum atomic E-state index is 14.5. The number of sulfone groups is 1. The van der Waals surface area contributed by atoms with Crippen molar-refractivity contribution in [3.05, 3.63) is 12.7 Å². The molecule has 13 heteroatoms. The average Bonchev–Trinajstić information content (AvgIpc) is 3.84. The Labute approximate surface area is 292 Å². The van der Waals surface area contributed by atoms with Gasteiger partial charge in [0.1, 0.15) is 12.1 Å².